The average molecular weight is 729 g/mol. The number of carbonyl (C=O) groups excluding carboxylic acids is 1. The van der Waals surface area contributed by atoms with E-state index in [4.69, 9.17) is 33.2 Å². The predicted octanol–water partition coefficient (Wildman–Crippen LogP) is 6.51. The van der Waals surface area contributed by atoms with E-state index in [9.17, 15) is 15.0 Å². The van der Waals surface area contributed by atoms with Gasteiger partial charge in [-0.25, -0.2) is 0 Å². The van der Waals surface area contributed by atoms with E-state index in [1.807, 2.05) is 51.2 Å². The monoisotopic (exact) mass is 728 g/mol. The van der Waals surface area contributed by atoms with Crippen LogP contribution in [0.2, 0.25) is 0 Å². The molecule has 10 heteroatoms. The second-order valence-corrected chi connectivity index (χ2v) is 16.1. The summed E-state index contributed by atoms with van der Waals surface area (Å²) in [6, 6.07) is 0. The van der Waals surface area contributed by atoms with Crippen LogP contribution in [0.15, 0.2) is 59.3 Å². The molecule has 5 aliphatic rings. The molecule has 10 nitrogen and oxygen atoms in total. The minimum Gasteiger partial charge on any atom is -0.462 e. The molecule has 2 saturated heterocycles. The molecule has 0 aromatic rings. The van der Waals surface area contributed by atoms with Gasteiger partial charge in [-0.2, -0.15) is 0 Å². The molecule has 2 fully saturated rings. The second-order valence-electron chi connectivity index (χ2n) is 16.1. The van der Waals surface area contributed by atoms with E-state index in [2.05, 4.69) is 46.8 Å². The third-order valence-corrected chi connectivity index (χ3v) is 12.2. The Balaban J connectivity index is 1.54. The Morgan fingerprint density at radius 2 is 1.73 bits per heavy atom. The van der Waals surface area contributed by atoms with Crippen LogP contribution >= 0.6 is 0 Å². The molecule has 0 saturated carbocycles. The second kappa shape index (κ2) is 17.1. The van der Waals surface area contributed by atoms with Gasteiger partial charge < -0.3 is 43.4 Å². The van der Waals surface area contributed by atoms with Crippen LogP contribution in [0, 0.1) is 23.7 Å². The first-order valence-corrected chi connectivity index (χ1v) is 19.4. The lowest BCUT2D eigenvalue weighted by atomic mass is 9.71. The van der Waals surface area contributed by atoms with Crippen molar-refractivity contribution in [2.45, 2.75) is 160 Å². The number of methoxy groups -OCH3 is 2. The lowest BCUT2D eigenvalue weighted by Gasteiger charge is -2.48. The van der Waals surface area contributed by atoms with Crippen molar-refractivity contribution < 1.29 is 48.2 Å². The summed E-state index contributed by atoms with van der Waals surface area (Å²) in [5, 5.41) is 23.0. The summed E-state index contributed by atoms with van der Waals surface area (Å²) >= 11 is 0. The smallest absolute Gasteiger partial charge is 0.316 e. The molecule has 4 heterocycles. The largest absolute Gasteiger partial charge is 0.462 e. The Labute approximate surface area is 311 Å². The van der Waals surface area contributed by atoms with E-state index in [0.29, 0.717) is 37.2 Å². The van der Waals surface area contributed by atoms with Crippen molar-refractivity contribution in [3.8, 4) is 0 Å². The number of aliphatic hydroxyl groups excluding tert-OH is 1. The zero-order valence-electron chi connectivity index (χ0n) is 33.0. The molecule has 2 N–H and O–H groups in total. The van der Waals surface area contributed by atoms with Gasteiger partial charge in [0.25, 0.3) is 0 Å². The van der Waals surface area contributed by atoms with Crippen molar-refractivity contribution in [1.82, 2.24) is 0 Å². The zero-order valence-corrected chi connectivity index (χ0v) is 33.0. The van der Waals surface area contributed by atoms with Crippen LogP contribution < -0.4 is 0 Å². The number of ether oxygens (including phenoxy) is 7. The number of allylic oxidation sites excluding steroid dienone is 2. The quantitative estimate of drug-likeness (QED) is 0.231. The van der Waals surface area contributed by atoms with Crippen molar-refractivity contribution >= 4 is 5.97 Å². The Kier molecular flexibility index (Phi) is 13.5. The third kappa shape index (κ3) is 8.86. The molecule has 1 spiro atoms. The number of hydrogen-bond donors (Lipinski definition) is 2. The highest BCUT2D eigenvalue weighted by Crippen LogP contribution is 2.44. The van der Waals surface area contributed by atoms with E-state index in [0.717, 1.165) is 17.6 Å². The molecule has 0 aromatic carbocycles. The van der Waals surface area contributed by atoms with Crippen LogP contribution in [0.3, 0.4) is 0 Å². The van der Waals surface area contributed by atoms with E-state index in [1.165, 1.54) is 0 Å². The van der Waals surface area contributed by atoms with Crippen molar-refractivity contribution in [2.24, 2.45) is 23.7 Å². The number of hydrogen-bond acceptors (Lipinski definition) is 10. The van der Waals surface area contributed by atoms with Crippen molar-refractivity contribution in [2.75, 3.05) is 14.2 Å². The summed E-state index contributed by atoms with van der Waals surface area (Å²) in [6.45, 7) is 16.3. The van der Waals surface area contributed by atoms with Crippen LogP contribution in [-0.4, -0.2) is 96.9 Å². The van der Waals surface area contributed by atoms with Crippen LogP contribution in [-0.2, 0) is 38.0 Å². The van der Waals surface area contributed by atoms with Crippen molar-refractivity contribution in [1.29, 1.82) is 0 Å². The topological polar surface area (TPSA) is 122 Å². The van der Waals surface area contributed by atoms with Crippen LogP contribution in [0.25, 0.3) is 0 Å². The minimum atomic E-state index is -1.53. The maximum absolute atomic E-state index is 14.2. The fourth-order valence-electron chi connectivity index (χ4n) is 8.59. The normalized spacial score (nSPS) is 46.5. The van der Waals surface area contributed by atoms with Gasteiger partial charge in [-0.15, -0.1) is 0 Å². The fourth-order valence-corrected chi connectivity index (χ4v) is 8.59. The van der Waals surface area contributed by atoms with Gasteiger partial charge in [0.05, 0.1) is 36.6 Å². The number of rotatable bonds is 6. The molecule has 4 aliphatic heterocycles. The fraction of sp³-hybridized carbons (Fsp3) is 0.738. The first kappa shape index (κ1) is 41.0. The highest BCUT2D eigenvalue weighted by molar-refractivity contribution is 5.78. The van der Waals surface area contributed by atoms with Crippen LogP contribution in [0.5, 0.6) is 0 Å². The molecule has 0 aromatic heterocycles. The number of carbonyl (C=O) groups is 1. The maximum atomic E-state index is 14.2. The molecule has 292 valence electrons. The van der Waals surface area contributed by atoms with Gasteiger partial charge in [0.15, 0.2) is 12.1 Å². The van der Waals surface area contributed by atoms with Gasteiger partial charge >= 0.3 is 5.97 Å². The van der Waals surface area contributed by atoms with Gasteiger partial charge in [-0.05, 0) is 62.8 Å². The van der Waals surface area contributed by atoms with E-state index < -0.39 is 54.0 Å². The highest BCUT2D eigenvalue weighted by atomic mass is 16.7. The standard InChI is InChI=1S/C42H64O10/c1-11-24(2)39-27(5)17-18-41(52-39)22-32-20-31(51-41)16-15-26(4)38(50-36-21-34(46-9)37(43)30(8)48-36)25(3)13-12-14-29(7)42(45)23-35(47-10)28(6)19-33(42)40(44)49-32/h12-15,17-19,24-25,27,30-39,43,45H,11,16,20-23H2,1-10H3/b13-12+,26-15+,29-14+/t24-,25-,27-,30-,31+,32-,33-,34-,35-,36-,37-,38-,39+,41+,42+/m0/s1. The Morgan fingerprint density at radius 3 is 2.42 bits per heavy atom. The predicted molar refractivity (Wildman–Crippen MR) is 198 cm³/mol. The number of fused-ring (bicyclic) bond motifs is 3. The summed E-state index contributed by atoms with van der Waals surface area (Å²) in [7, 11) is 3.21. The number of esters is 1. The van der Waals surface area contributed by atoms with E-state index in [1.54, 1.807) is 14.2 Å². The van der Waals surface area contributed by atoms with Gasteiger partial charge in [-0.1, -0.05) is 70.6 Å². The van der Waals surface area contributed by atoms with Gasteiger partial charge in [0, 0.05) is 51.7 Å². The highest BCUT2D eigenvalue weighted by Gasteiger charge is 2.51. The molecule has 0 unspecified atom stereocenters. The molecule has 52 heavy (non-hydrogen) atoms. The lowest BCUT2D eigenvalue weighted by Crippen LogP contribution is -2.54. The molecule has 1 aliphatic carbocycles. The SMILES string of the molecule is CC[C@H](C)[C@H]1O[C@]2(C=C[C@@H]1C)C[C@@H]1C[C@@H](C/C=C(\C)[C@@H](O[C@H]3C[C@H](OC)[C@@H](O)[C@H](C)O3)[C@@H](C)/C=C/C=C(\C)[C@]3(O)C[C@H](OC)C(C)=C[C@H]3C(=O)O1)O2. The van der Waals surface area contributed by atoms with E-state index in [-0.39, 0.29) is 42.7 Å². The minimum absolute atomic E-state index is 0.0502. The summed E-state index contributed by atoms with van der Waals surface area (Å²) < 4.78 is 44.3. The van der Waals surface area contributed by atoms with Crippen molar-refractivity contribution in [3.05, 3.63) is 59.3 Å². The lowest BCUT2D eigenvalue weighted by molar-refractivity contribution is -0.300. The summed E-state index contributed by atoms with van der Waals surface area (Å²) in [5.74, 6) is -2.04. The van der Waals surface area contributed by atoms with Crippen molar-refractivity contribution in [3.63, 3.8) is 0 Å². The van der Waals surface area contributed by atoms with Crippen LogP contribution in [0.1, 0.15) is 93.9 Å². The van der Waals surface area contributed by atoms with Gasteiger partial charge in [-0.3, -0.25) is 4.79 Å². The average Bonchev–Trinajstić information content (AvgIpc) is 3.11. The third-order valence-electron chi connectivity index (χ3n) is 12.2. The Hall–Kier alpha value is -2.15. The molecule has 5 rings (SSSR count). The summed E-state index contributed by atoms with van der Waals surface area (Å²) in [5.41, 5.74) is 0.982. The van der Waals surface area contributed by atoms with Gasteiger partial charge in [0.1, 0.15) is 23.7 Å². The summed E-state index contributed by atoms with van der Waals surface area (Å²) in [4.78, 5) is 14.2. The first-order valence-electron chi connectivity index (χ1n) is 19.4. The maximum Gasteiger partial charge on any atom is 0.316 e. The van der Waals surface area contributed by atoms with E-state index >= 15 is 0 Å². The summed E-state index contributed by atoms with van der Waals surface area (Å²) in [6.07, 6.45) is 13.1. The Morgan fingerprint density at radius 1 is 0.981 bits per heavy atom. The molecular weight excluding hydrogens is 664 g/mol. The molecule has 15 atom stereocenters. The Bertz CT molecular complexity index is 1400. The molecule has 2 bridgehead atoms. The van der Waals surface area contributed by atoms with Crippen LogP contribution in [0.4, 0.5) is 0 Å². The molecule has 0 radical (unpaired) electrons. The molecular formula is C42H64O10. The first-order chi connectivity index (χ1) is 24.6. The van der Waals surface area contributed by atoms with Gasteiger partial charge in [0.2, 0.25) is 0 Å². The number of aliphatic hydroxyl groups is 2. The zero-order chi connectivity index (χ0) is 38.0. The molecule has 0 amide bonds.